The van der Waals surface area contributed by atoms with Crippen molar-refractivity contribution in [1.29, 1.82) is 0 Å². The maximum Gasteiger partial charge on any atom is 0.275 e. The topological polar surface area (TPSA) is 102 Å². The summed E-state index contributed by atoms with van der Waals surface area (Å²) in [5, 5.41) is 11.4. The molecular formula is C54H84N4O4. The smallest absolute Gasteiger partial charge is 0.275 e. The molecule has 1 aliphatic carbocycles. The quantitative estimate of drug-likeness (QED) is 0.116. The number of likely N-dealkylation sites (tertiary alicyclic amines) is 1. The van der Waals surface area contributed by atoms with Gasteiger partial charge in [0.1, 0.15) is 0 Å². The first-order chi connectivity index (χ1) is 30.3. The zero-order valence-electron chi connectivity index (χ0n) is 39.1. The Hall–Kier alpha value is -3.67. The van der Waals surface area contributed by atoms with Crippen molar-refractivity contribution in [2.24, 2.45) is 5.41 Å². The van der Waals surface area contributed by atoms with Crippen LogP contribution in [0.1, 0.15) is 220 Å². The van der Waals surface area contributed by atoms with Gasteiger partial charge in [-0.25, -0.2) is 5.48 Å². The lowest BCUT2D eigenvalue weighted by Crippen LogP contribution is -2.55. The number of nitrogens with zero attached hydrogens (tertiary/aromatic N) is 2. The number of likely N-dealkylation sites (N-methyl/N-ethyl adjacent to an activating group) is 2. The van der Waals surface area contributed by atoms with Crippen molar-refractivity contribution in [2.45, 2.75) is 205 Å². The van der Waals surface area contributed by atoms with E-state index >= 15 is 0 Å². The molecule has 0 radical (unpaired) electrons. The first-order valence-corrected chi connectivity index (χ1v) is 25.2. The minimum absolute atomic E-state index is 0.298. The third-order valence-electron chi connectivity index (χ3n) is 13.7. The van der Waals surface area contributed by atoms with E-state index in [-0.39, 0.29) is 0 Å². The minimum Gasteiger partial charge on any atom is -0.357 e. The molecule has 3 amide bonds. The minimum atomic E-state index is -1.51. The Balaban J connectivity index is 1.21. The molecule has 1 saturated heterocycles. The van der Waals surface area contributed by atoms with Gasteiger partial charge >= 0.3 is 0 Å². The molecule has 4 rings (SSSR count). The van der Waals surface area contributed by atoms with E-state index in [1.165, 1.54) is 231 Å². The van der Waals surface area contributed by atoms with Gasteiger partial charge in [0.05, 0.1) is 0 Å². The predicted octanol–water partition coefficient (Wildman–Crippen LogP) is 12.3. The number of hydrogen-bond acceptors (Lipinski definition) is 5. The third kappa shape index (κ3) is 19.4. The molecule has 0 aromatic heterocycles. The van der Waals surface area contributed by atoms with Crippen LogP contribution in [0, 0.1) is 17.3 Å². The fourth-order valence-electron chi connectivity index (χ4n) is 9.83. The van der Waals surface area contributed by atoms with E-state index in [2.05, 4.69) is 46.3 Å². The summed E-state index contributed by atoms with van der Waals surface area (Å²) in [6.45, 7) is 3.44. The standard InChI is InChI=1S/C54H84N4O4/c1-55-51(59)50(52(60)56-62)57(2)53(61)49-39-37-47(38-40-49)32-31-46-33-35-48(36-34-46)43-58-44-54(45-58)41-29-27-25-23-21-19-17-15-13-11-9-7-5-3-4-6-8-10-12-14-16-18-20-22-24-26-28-30-42-54/h33-40,50,62H,3-30,41-45H2,1-2H3,(H,55,59)(H,56,60). The summed E-state index contributed by atoms with van der Waals surface area (Å²) < 4.78 is 0. The molecule has 8 heteroatoms. The highest BCUT2D eigenvalue weighted by molar-refractivity contribution is 6.08. The molecule has 2 aromatic carbocycles. The first-order valence-electron chi connectivity index (χ1n) is 25.2. The van der Waals surface area contributed by atoms with E-state index < -0.39 is 23.8 Å². The van der Waals surface area contributed by atoms with Gasteiger partial charge in [-0.15, -0.1) is 0 Å². The van der Waals surface area contributed by atoms with E-state index in [1.807, 2.05) is 0 Å². The van der Waals surface area contributed by atoms with Crippen LogP contribution in [0.25, 0.3) is 0 Å². The van der Waals surface area contributed by atoms with Crippen molar-refractivity contribution in [3.05, 3.63) is 70.8 Å². The van der Waals surface area contributed by atoms with Crippen LogP contribution in [0.4, 0.5) is 0 Å². The molecule has 344 valence electrons. The number of hydroxylamine groups is 1. The monoisotopic (exact) mass is 853 g/mol. The number of carbonyl (C=O) groups is 3. The zero-order chi connectivity index (χ0) is 44.1. The van der Waals surface area contributed by atoms with Gasteiger partial charge in [0.25, 0.3) is 17.7 Å². The number of rotatable bonds is 6. The molecule has 3 N–H and O–H groups in total. The second kappa shape index (κ2) is 30.4. The summed E-state index contributed by atoms with van der Waals surface area (Å²) in [5.74, 6) is 4.20. The number of hydrogen-bond donors (Lipinski definition) is 3. The van der Waals surface area contributed by atoms with Crippen molar-refractivity contribution in [3.8, 4) is 11.8 Å². The molecule has 8 nitrogen and oxygen atoms in total. The SMILES string of the molecule is CNC(=O)C(C(=O)NO)N(C)C(=O)c1ccc(C#Cc2ccc(CN3CC4(CCCCCCCCCCCCCCCCCCCCCCCCCCCCCC4)C3)cc2)cc1. The van der Waals surface area contributed by atoms with Crippen LogP contribution in [-0.4, -0.2) is 66.0 Å². The van der Waals surface area contributed by atoms with E-state index in [0.717, 1.165) is 22.6 Å². The molecule has 0 bridgehead atoms. The molecule has 2 fully saturated rings. The molecule has 1 atom stereocenters. The summed E-state index contributed by atoms with van der Waals surface area (Å²) in [7, 11) is 2.70. The number of amides is 3. The molecule has 2 aromatic rings. The molecule has 62 heavy (non-hydrogen) atoms. The number of benzene rings is 2. The normalized spacial score (nSPS) is 19.9. The Bertz CT molecular complexity index is 1560. The van der Waals surface area contributed by atoms with Crippen molar-refractivity contribution < 1.29 is 19.6 Å². The summed E-state index contributed by atoms with van der Waals surface area (Å²) in [6.07, 6.45) is 43.0. The van der Waals surface area contributed by atoms with Crippen LogP contribution in [0.5, 0.6) is 0 Å². The molecule has 1 saturated carbocycles. The van der Waals surface area contributed by atoms with Crippen LogP contribution in [0.15, 0.2) is 48.5 Å². The Morgan fingerprint density at radius 2 is 0.903 bits per heavy atom. The maximum absolute atomic E-state index is 13.0. The Labute approximate surface area is 377 Å². The van der Waals surface area contributed by atoms with Crippen molar-refractivity contribution in [2.75, 3.05) is 27.2 Å². The first kappa shape index (κ1) is 51.0. The van der Waals surface area contributed by atoms with Gasteiger partial charge < -0.3 is 10.2 Å². The predicted molar refractivity (Wildman–Crippen MR) is 255 cm³/mol. The highest BCUT2D eigenvalue weighted by Gasteiger charge is 2.41. The van der Waals surface area contributed by atoms with E-state index in [4.69, 9.17) is 5.21 Å². The molecule has 1 unspecified atom stereocenters. The van der Waals surface area contributed by atoms with Gasteiger partial charge in [0, 0.05) is 50.4 Å². The van der Waals surface area contributed by atoms with E-state index in [1.54, 1.807) is 24.3 Å². The average Bonchev–Trinajstić information content (AvgIpc) is 3.28. The van der Waals surface area contributed by atoms with Crippen LogP contribution >= 0.6 is 0 Å². The third-order valence-corrected chi connectivity index (χ3v) is 13.7. The van der Waals surface area contributed by atoms with E-state index in [0.29, 0.717) is 11.0 Å². The summed E-state index contributed by atoms with van der Waals surface area (Å²) in [6, 6.07) is 13.8. The fourth-order valence-corrected chi connectivity index (χ4v) is 9.83. The van der Waals surface area contributed by atoms with Crippen molar-refractivity contribution in [3.63, 3.8) is 0 Å². The number of carbonyl (C=O) groups excluding carboxylic acids is 3. The van der Waals surface area contributed by atoms with Gasteiger partial charge in [-0.2, -0.15) is 0 Å². The fraction of sp³-hybridized carbons (Fsp3) is 0.685. The van der Waals surface area contributed by atoms with Crippen molar-refractivity contribution in [1.82, 2.24) is 20.6 Å². The lowest BCUT2D eigenvalue weighted by atomic mass is 9.71. The lowest BCUT2D eigenvalue weighted by Gasteiger charge is -2.51. The Kier molecular flexibility index (Phi) is 25.0. The van der Waals surface area contributed by atoms with E-state index in [9.17, 15) is 14.4 Å². The van der Waals surface area contributed by atoms with Gasteiger partial charge in [-0.1, -0.05) is 204 Å². The summed E-state index contributed by atoms with van der Waals surface area (Å²) in [5.41, 5.74) is 5.26. The van der Waals surface area contributed by atoms with Crippen LogP contribution < -0.4 is 10.8 Å². The summed E-state index contributed by atoms with van der Waals surface area (Å²) in [4.78, 5) is 40.9. The Morgan fingerprint density at radius 1 is 0.565 bits per heavy atom. The molecular weight excluding hydrogens is 769 g/mol. The Morgan fingerprint density at radius 3 is 1.24 bits per heavy atom. The highest BCUT2D eigenvalue weighted by Crippen LogP contribution is 2.41. The summed E-state index contributed by atoms with van der Waals surface area (Å²) >= 11 is 0. The van der Waals surface area contributed by atoms with Gasteiger partial charge in [0.2, 0.25) is 0 Å². The molecule has 2 aliphatic rings. The second-order valence-electron chi connectivity index (χ2n) is 19.0. The highest BCUT2D eigenvalue weighted by atomic mass is 16.5. The second-order valence-corrected chi connectivity index (χ2v) is 19.0. The van der Waals surface area contributed by atoms with Gasteiger partial charge in [-0.3, -0.25) is 24.5 Å². The number of nitrogens with one attached hydrogen (secondary N) is 2. The van der Waals surface area contributed by atoms with Gasteiger partial charge in [0.15, 0.2) is 6.04 Å². The van der Waals surface area contributed by atoms with Crippen LogP contribution in [0.2, 0.25) is 0 Å². The molecule has 1 heterocycles. The molecule has 1 aliphatic heterocycles. The maximum atomic E-state index is 13.0. The largest absolute Gasteiger partial charge is 0.357 e. The molecule has 1 spiro atoms. The van der Waals surface area contributed by atoms with Crippen LogP contribution in [-0.2, 0) is 16.1 Å². The zero-order valence-corrected chi connectivity index (χ0v) is 39.1. The average molecular weight is 853 g/mol. The van der Waals surface area contributed by atoms with Crippen LogP contribution in [0.3, 0.4) is 0 Å². The lowest BCUT2D eigenvalue weighted by molar-refractivity contribution is -0.140. The van der Waals surface area contributed by atoms with Gasteiger partial charge in [-0.05, 0) is 60.2 Å². The van der Waals surface area contributed by atoms with Crippen molar-refractivity contribution >= 4 is 17.7 Å².